The molecule has 0 spiro atoms. The number of anilines is 1. The fraction of sp³-hybridized carbons (Fsp3) is 0.348. The van der Waals surface area contributed by atoms with E-state index in [1.165, 1.54) is 0 Å². The van der Waals surface area contributed by atoms with E-state index in [1.807, 2.05) is 0 Å². The number of hydrogen-bond donors (Lipinski definition) is 1. The van der Waals surface area contributed by atoms with Crippen LogP contribution in [0.1, 0.15) is 55.4 Å². The van der Waals surface area contributed by atoms with Crippen LogP contribution in [-0.2, 0) is 16.3 Å². The number of nitrogens with zero attached hydrogens (tertiary/aromatic N) is 2. The Balaban J connectivity index is 1.58. The molecule has 3 aromatic rings. The Morgan fingerprint density at radius 2 is 1.75 bits per heavy atom. The number of sulfone groups is 1. The summed E-state index contributed by atoms with van der Waals surface area (Å²) in [4.78, 5) is 12.7. The largest absolute Gasteiger partial charge is 0.494 e. The molecule has 0 radical (unpaired) electrons. The number of hydrogen-bond acceptors (Lipinski definition) is 7. The van der Waals surface area contributed by atoms with Gasteiger partial charge in [-0.05, 0) is 62.2 Å². The third-order valence-corrected chi connectivity index (χ3v) is 6.97. The summed E-state index contributed by atoms with van der Waals surface area (Å²) in [7, 11) is -3.32. The Hall–Kier alpha value is -3.20. The van der Waals surface area contributed by atoms with Gasteiger partial charge in [-0.3, -0.25) is 10.1 Å². The van der Waals surface area contributed by atoms with Gasteiger partial charge >= 0.3 is 6.01 Å². The number of unbranched alkanes of at least 4 members (excludes halogenated alkanes) is 1. The van der Waals surface area contributed by atoms with E-state index in [0.29, 0.717) is 30.2 Å². The van der Waals surface area contributed by atoms with Gasteiger partial charge in [0.05, 0.1) is 23.2 Å². The molecule has 0 saturated heterocycles. The molecule has 0 unspecified atom stereocenters. The zero-order chi connectivity index (χ0) is 23.1. The number of rotatable bonds is 10. The number of amides is 1. The molecule has 0 bridgehead atoms. The zero-order valence-corrected chi connectivity index (χ0v) is 19.2. The van der Waals surface area contributed by atoms with Crippen LogP contribution < -0.4 is 10.1 Å². The predicted molar refractivity (Wildman–Crippen MR) is 121 cm³/mol. The molecule has 1 heterocycles. The summed E-state index contributed by atoms with van der Waals surface area (Å²) >= 11 is 0. The summed E-state index contributed by atoms with van der Waals surface area (Å²) in [5, 5.41) is 9.89. The molecule has 0 saturated carbocycles. The average molecular weight is 458 g/mol. The van der Waals surface area contributed by atoms with Crippen molar-refractivity contribution in [1.29, 1.82) is 0 Å². The van der Waals surface area contributed by atoms with Crippen molar-refractivity contribution >= 4 is 21.8 Å². The van der Waals surface area contributed by atoms with Crippen LogP contribution in [0.4, 0.5) is 6.01 Å². The Morgan fingerprint density at radius 1 is 1.06 bits per heavy atom. The number of benzene rings is 2. The van der Waals surface area contributed by atoms with Crippen LogP contribution in [0.5, 0.6) is 5.75 Å². The number of nitrogens with one attached hydrogen (secondary N) is 1. The first-order chi connectivity index (χ1) is 15.3. The molecule has 0 aliphatic rings. The first-order valence-corrected chi connectivity index (χ1v) is 12.0. The molecular weight excluding hydrogens is 430 g/mol. The molecule has 170 valence electrons. The Kier molecular flexibility index (Phi) is 7.63. The Labute approximate surface area is 187 Å². The van der Waals surface area contributed by atoms with Crippen LogP contribution in [0.25, 0.3) is 0 Å². The summed E-state index contributed by atoms with van der Waals surface area (Å²) in [5.41, 5.74) is 1.25. The summed E-state index contributed by atoms with van der Waals surface area (Å²) in [6, 6.07) is 13.4. The topological polar surface area (TPSA) is 111 Å². The average Bonchev–Trinajstić information content (AvgIpc) is 3.21. The summed E-state index contributed by atoms with van der Waals surface area (Å²) in [6.45, 7) is 6.03. The molecule has 2 aromatic carbocycles. The lowest BCUT2D eigenvalue weighted by atomic mass is 10.1. The molecule has 1 aromatic heterocycles. The van der Waals surface area contributed by atoms with Gasteiger partial charge in [-0.1, -0.05) is 30.6 Å². The highest BCUT2D eigenvalue weighted by molar-refractivity contribution is 7.92. The van der Waals surface area contributed by atoms with Crippen LogP contribution in [0.3, 0.4) is 0 Å². The summed E-state index contributed by atoms with van der Waals surface area (Å²) < 4.78 is 35.5. The van der Waals surface area contributed by atoms with Crippen molar-refractivity contribution in [3.8, 4) is 5.75 Å². The van der Waals surface area contributed by atoms with E-state index >= 15 is 0 Å². The van der Waals surface area contributed by atoms with E-state index in [1.54, 1.807) is 62.4 Å². The third-order valence-electron chi connectivity index (χ3n) is 4.80. The van der Waals surface area contributed by atoms with Crippen LogP contribution in [0.15, 0.2) is 57.8 Å². The lowest BCUT2D eigenvalue weighted by Crippen LogP contribution is -2.13. The first kappa shape index (κ1) is 23.5. The highest BCUT2D eigenvalue weighted by Crippen LogP contribution is 2.19. The molecule has 9 heteroatoms. The Bertz CT molecular complexity index is 1140. The van der Waals surface area contributed by atoms with Gasteiger partial charge in [0.25, 0.3) is 5.91 Å². The van der Waals surface area contributed by atoms with Crippen LogP contribution in [0.2, 0.25) is 0 Å². The maximum absolute atomic E-state index is 12.4. The fourth-order valence-corrected chi connectivity index (χ4v) is 3.89. The minimum atomic E-state index is -3.32. The SMILES string of the molecule is CCCCOc1ccc(C(=O)Nc2nnc(Cc3ccc(S(=O)(=O)C(C)C)cc3)o2)cc1. The van der Waals surface area contributed by atoms with E-state index in [0.717, 1.165) is 18.4 Å². The predicted octanol–water partition coefficient (Wildman–Crippen LogP) is 4.27. The fourth-order valence-electron chi connectivity index (χ4n) is 2.83. The van der Waals surface area contributed by atoms with Crippen LogP contribution in [-0.4, -0.2) is 36.4 Å². The molecular formula is C23H27N3O5S. The smallest absolute Gasteiger partial charge is 0.322 e. The molecule has 0 aliphatic carbocycles. The van der Waals surface area contributed by atoms with Crippen LogP contribution in [0, 0.1) is 0 Å². The molecule has 1 amide bonds. The van der Waals surface area contributed by atoms with Gasteiger partial charge in [-0.25, -0.2) is 8.42 Å². The maximum atomic E-state index is 12.4. The second-order valence-corrected chi connectivity index (χ2v) is 10.1. The van der Waals surface area contributed by atoms with Crippen molar-refractivity contribution in [3.63, 3.8) is 0 Å². The Morgan fingerprint density at radius 3 is 2.38 bits per heavy atom. The normalized spacial score (nSPS) is 11.5. The van der Waals surface area contributed by atoms with Crippen molar-refractivity contribution in [2.24, 2.45) is 0 Å². The number of carbonyl (C=O) groups is 1. The zero-order valence-electron chi connectivity index (χ0n) is 18.4. The first-order valence-electron chi connectivity index (χ1n) is 10.5. The minimum absolute atomic E-state index is 0.00715. The number of ether oxygens (including phenoxy) is 1. The number of aromatic nitrogens is 2. The van der Waals surface area contributed by atoms with E-state index in [4.69, 9.17) is 9.15 Å². The highest BCUT2D eigenvalue weighted by atomic mass is 32.2. The standard InChI is InChI=1S/C23H27N3O5S/c1-4-5-14-30-19-10-8-18(9-11-19)22(27)24-23-26-25-21(31-23)15-17-6-12-20(13-7-17)32(28,29)16(2)3/h6-13,16H,4-5,14-15H2,1-3H3,(H,24,26,27). The molecule has 0 atom stereocenters. The van der Waals surface area contributed by atoms with E-state index in [2.05, 4.69) is 22.4 Å². The molecule has 8 nitrogen and oxygen atoms in total. The lowest BCUT2D eigenvalue weighted by molar-refractivity contribution is 0.102. The number of carbonyl (C=O) groups excluding carboxylic acids is 1. The molecule has 32 heavy (non-hydrogen) atoms. The van der Waals surface area contributed by atoms with Crippen molar-refractivity contribution in [3.05, 3.63) is 65.5 Å². The molecule has 3 rings (SSSR count). The van der Waals surface area contributed by atoms with Crippen LogP contribution >= 0.6 is 0 Å². The van der Waals surface area contributed by atoms with Crippen molar-refractivity contribution in [2.45, 2.75) is 50.2 Å². The van der Waals surface area contributed by atoms with Gasteiger partial charge < -0.3 is 9.15 Å². The second-order valence-electron chi connectivity index (χ2n) is 7.60. The van der Waals surface area contributed by atoms with E-state index < -0.39 is 15.1 Å². The van der Waals surface area contributed by atoms with Gasteiger partial charge in [-0.2, -0.15) is 0 Å². The summed E-state index contributed by atoms with van der Waals surface area (Å²) in [6.07, 6.45) is 2.34. The van der Waals surface area contributed by atoms with Gasteiger partial charge in [0.15, 0.2) is 9.84 Å². The summed E-state index contributed by atoms with van der Waals surface area (Å²) in [5.74, 6) is 0.644. The molecule has 0 aliphatic heterocycles. The van der Waals surface area contributed by atoms with Crippen molar-refractivity contribution < 1.29 is 22.4 Å². The van der Waals surface area contributed by atoms with E-state index in [-0.39, 0.29) is 16.8 Å². The van der Waals surface area contributed by atoms with Gasteiger partial charge in [0.1, 0.15) is 5.75 Å². The van der Waals surface area contributed by atoms with Gasteiger partial charge in [-0.15, -0.1) is 5.10 Å². The third kappa shape index (κ3) is 5.94. The minimum Gasteiger partial charge on any atom is -0.494 e. The van der Waals surface area contributed by atoms with Crippen molar-refractivity contribution in [2.75, 3.05) is 11.9 Å². The molecule has 0 fully saturated rings. The van der Waals surface area contributed by atoms with Gasteiger partial charge in [0.2, 0.25) is 5.89 Å². The monoisotopic (exact) mass is 457 g/mol. The lowest BCUT2D eigenvalue weighted by Gasteiger charge is -2.08. The van der Waals surface area contributed by atoms with E-state index in [9.17, 15) is 13.2 Å². The maximum Gasteiger partial charge on any atom is 0.322 e. The van der Waals surface area contributed by atoms with Crippen molar-refractivity contribution in [1.82, 2.24) is 10.2 Å². The van der Waals surface area contributed by atoms with Gasteiger partial charge in [0, 0.05) is 5.56 Å². The second kappa shape index (κ2) is 10.4. The highest BCUT2D eigenvalue weighted by Gasteiger charge is 2.19. The quantitative estimate of drug-likeness (QED) is 0.452. The molecule has 1 N–H and O–H groups in total.